The summed E-state index contributed by atoms with van der Waals surface area (Å²) in [6.07, 6.45) is 7.33. The Hall–Kier alpha value is -1.84. The number of amides is 1. The molecule has 0 heterocycles. The average Bonchev–Trinajstić information content (AvgIpc) is 2.94. The Morgan fingerprint density at radius 2 is 1.91 bits per heavy atom. The highest BCUT2D eigenvalue weighted by Gasteiger charge is 2.37. The molecule has 2 aliphatic carbocycles. The number of carbonyl (C=O) groups excluding carboxylic acids is 1. The topological polar surface area (TPSA) is 66.4 Å². The highest BCUT2D eigenvalue weighted by molar-refractivity contribution is 5.79. The molecule has 0 aromatic heterocycles. The number of aryl methyl sites for hydroxylation is 1. The highest BCUT2D eigenvalue weighted by Crippen LogP contribution is 2.36. The Balaban J connectivity index is 1.67. The molecule has 124 valence electrons. The van der Waals surface area contributed by atoms with Gasteiger partial charge in [-0.1, -0.05) is 37.1 Å². The van der Waals surface area contributed by atoms with Crippen LogP contribution in [0.15, 0.2) is 24.3 Å². The minimum Gasteiger partial charge on any atom is -0.481 e. The van der Waals surface area contributed by atoms with E-state index >= 15 is 0 Å². The number of carboxylic acids is 1. The first-order chi connectivity index (χ1) is 11.1. The molecule has 2 aliphatic rings. The maximum Gasteiger partial charge on any atom is 0.305 e. The van der Waals surface area contributed by atoms with Crippen LogP contribution in [-0.4, -0.2) is 22.5 Å². The molecule has 2 N–H and O–H groups in total. The van der Waals surface area contributed by atoms with Crippen molar-refractivity contribution in [1.29, 1.82) is 0 Å². The Morgan fingerprint density at radius 3 is 2.65 bits per heavy atom. The normalized spacial score (nSPS) is 22.3. The summed E-state index contributed by atoms with van der Waals surface area (Å²) in [6.45, 7) is 0. The lowest BCUT2D eigenvalue weighted by molar-refractivity contribution is -0.139. The molecule has 0 aliphatic heterocycles. The number of nitrogens with one attached hydrogen (secondary N) is 1. The van der Waals surface area contributed by atoms with Gasteiger partial charge in [-0.2, -0.15) is 0 Å². The first-order valence-electron chi connectivity index (χ1n) is 8.69. The van der Waals surface area contributed by atoms with Gasteiger partial charge in [0.15, 0.2) is 0 Å². The van der Waals surface area contributed by atoms with Gasteiger partial charge in [-0.3, -0.25) is 9.59 Å². The van der Waals surface area contributed by atoms with Crippen molar-refractivity contribution in [2.24, 2.45) is 0 Å². The van der Waals surface area contributed by atoms with E-state index in [0.29, 0.717) is 6.42 Å². The van der Waals surface area contributed by atoms with E-state index < -0.39 is 11.5 Å². The van der Waals surface area contributed by atoms with E-state index in [0.717, 1.165) is 44.9 Å². The van der Waals surface area contributed by atoms with Crippen molar-refractivity contribution < 1.29 is 14.7 Å². The Labute approximate surface area is 137 Å². The molecule has 0 bridgehead atoms. The second-order valence-electron chi connectivity index (χ2n) is 7.10. The number of carboxylic acid groups (broad SMARTS) is 1. The summed E-state index contributed by atoms with van der Waals surface area (Å²) in [4.78, 5) is 23.7. The molecule has 0 spiro atoms. The van der Waals surface area contributed by atoms with Crippen molar-refractivity contribution in [3.63, 3.8) is 0 Å². The fraction of sp³-hybridized carbons (Fsp3) is 0.579. The van der Waals surface area contributed by atoms with Crippen molar-refractivity contribution in [3.8, 4) is 0 Å². The summed E-state index contributed by atoms with van der Waals surface area (Å²) >= 11 is 0. The number of carbonyl (C=O) groups is 2. The van der Waals surface area contributed by atoms with Crippen molar-refractivity contribution in [3.05, 3.63) is 35.4 Å². The van der Waals surface area contributed by atoms with Gasteiger partial charge in [-0.25, -0.2) is 0 Å². The molecule has 4 nitrogen and oxygen atoms in total. The number of fused-ring (bicyclic) bond motifs is 1. The zero-order chi connectivity index (χ0) is 16.3. The first kappa shape index (κ1) is 16.0. The monoisotopic (exact) mass is 315 g/mol. The van der Waals surface area contributed by atoms with E-state index in [9.17, 15) is 9.59 Å². The quantitative estimate of drug-likeness (QED) is 0.875. The zero-order valence-electron chi connectivity index (χ0n) is 13.5. The Bertz CT molecular complexity index is 590. The van der Waals surface area contributed by atoms with Crippen molar-refractivity contribution in [1.82, 2.24) is 5.32 Å². The third-order valence-electron chi connectivity index (χ3n) is 5.38. The largest absolute Gasteiger partial charge is 0.481 e. The summed E-state index contributed by atoms with van der Waals surface area (Å²) in [5.74, 6) is -0.548. The number of hydrogen-bond donors (Lipinski definition) is 2. The van der Waals surface area contributed by atoms with E-state index in [2.05, 4.69) is 23.5 Å². The van der Waals surface area contributed by atoms with Gasteiger partial charge < -0.3 is 10.4 Å². The van der Waals surface area contributed by atoms with Gasteiger partial charge in [0.2, 0.25) is 5.91 Å². The van der Waals surface area contributed by atoms with E-state index in [1.807, 2.05) is 6.07 Å². The predicted octanol–water partition coefficient (Wildman–Crippen LogP) is 3.40. The maximum absolute atomic E-state index is 12.6. The Kier molecular flexibility index (Phi) is 4.69. The van der Waals surface area contributed by atoms with Crippen LogP contribution in [0.25, 0.3) is 0 Å². The minimum absolute atomic E-state index is 0.00912. The predicted molar refractivity (Wildman–Crippen MR) is 88.3 cm³/mol. The molecule has 1 atom stereocenters. The number of aliphatic carboxylic acids is 1. The fourth-order valence-corrected chi connectivity index (χ4v) is 4.32. The average molecular weight is 315 g/mol. The number of rotatable bonds is 5. The standard InChI is InChI=1S/C19H25NO3/c21-17(20-19(13-18(22)23)10-3-4-11-19)12-15-8-5-7-14-6-1-2-9-16(14)15/h1-2,6,9,15H,3-5,7-8,10-13H2,(H,20,21)(H,22,23). The second-order valence-corrected chi connectivity index (χ2v) is 7.10. The summed E-state index contributed by atoms with van der Waals surface area (Å²) in [5.41, 5.74) is 2.14. The van der Waals surface area contributed by atoms with Crippen LogP contribution in [0.3, 0.4) is 0 Å². The third kappa shape index (κ3) is 3.74. The lowest BCUT2D eigenvalue weighted by Crippen LogP contribution is -2.48. The lowest BCUT2D eigenvalue weighted by atomic mass is 9.80. The van der Waals surface area contributed by atoms with Gasteiger partial charge in [0.05, 0.1) is 12.0 Å². The van der Waals surface area contributed by atoms with Gasteiger partial charge in [-0.15, -0.1) is 0 Å². The minimum atomic E-state index is -0.824. The van der Waals surface area contributed by atoms with Crippen LogP contribution >= 0.6 is 0 Å². The van der Waals surface area contributed by atoms with Gasteiger partial charge in [-0.05, 0) is 49.1 Å². The molecule has 1 amide bonds. The summed E-state index contributed by atoms with van der Waals surface area (Å²) in [5, 5.41) is 12.2. The highest BCUT2D eigenvalue weighted by atomic mass is 16.4. The molecular weight excluding hydrogens is 290 g/mol. The van der Waals surface area contributed by atoms with E-state index in [1.165, 1.54) is 11.1 Å². The van der Waals surface area contributed by atoms with Crippen LogP contribution in [0.4, 0.5) is 0 Å². The van der Waals surface area contributed by atoms with E-state index in [1.54, 1.807) is 0 Å². The smallest absolute Gasteiger partial charge is 0.305 e. The lowest BCUT2D eigenvalue weighted by Gasteiger charge is -2.31. The summed E-state index contributed by atoms with van der Waals surface area (Å²) < 4.78 is 0. The number of benzene rings is 1. The van der Waals surface area contributed by atoms with Crippen molar-refractivity contribution >= 4 is 11.9 Å². The molecule has 23 heavy (non-hydrogen) atoms. The first-order valence-corrected chi connectivity index (χ1v) is 8.69. The van der Waals surface area contributed by atoms with Gasteiger partial charge in [0.25, 0.3) is 0 Å². The van der Waals surface area contributed by atoms with E-state index in [4.69, 9.17) is 5.11 Å². The summed E-state index contributed by atoms with van der Waals surface area (Å²) in [6, 6.07) is 8.39. The van der Waals surface area contributed by atoms with Crippen LogP contribution in [0, 0.1) is 0 Å². The van der Waals surface area contributed by atoms with Crippen LogP contribution in [0.2, 0.25) is 0 Å². The molecule has 1 unspecified atom stereocenters. The fourth-order valence-electron chi connectivity index (χ4n) is 4.32. The SMILES string of the molecule is O=C(O)CC1(NC(=O)CC2CCCc3ccccc32)CCCC1. The molecule has 0 radical (unpaired) electrons. The number of hydrogen-bond acceptors (Lipinski definition) is 2. The maximum atomic E-state index is 12.6. The summed E-state index contributed by atoms with van der Waals surface area (Å²) in [7, 11) is 0. The van der Waals surface area contributed by atoms with Gasteiger partial charge >= 0.3 is 5.97 Å². The molecule has 1 aromatic rings. The molecule has 3 rings (SSSR count). The van der Waals surface area contributed by atoms with Crippen LogP contribution < -0.4 is 5.32 Å². The van der Waals surface area contributed by atoms with Crippen molar-refractivity contribution in [2.45, 2.75) is 69.2 Å². The zero-order valence-corrected chi connectivity index (χ0v) is 13.5. The van der Waals surface area contributed by atoms with Crippen molar-refractivity contribution in [2.75, 3.05) is 0 Å². The molecule has 1 fully saturated rings. The van der Waals surface area contributed by atoms with Crippen LogP contribution in [0.5, 0.6) is 0 Å². The third-order valence-corrected chi connectivity index (χ3v) is 5.38. The van der Waals surface area contributed by atoms with Gasteiger partial charge in [0.1, 0.15) is 0 Å². The molecule has 4 heteroatoms. The molecular formula is C19H25NO3. The van der Waals surface area contributed by atoms with Gasteiger partial charge in [0, 0.05) is 6.42 Å². The Morgan fingerprint density at radius 1 is 1.17 bits per heavy atom. The van der Waals surface area contributed by atoms with Crippen LogP contribution in [-0.2, 0) is 16.0 Å². The second kappa shape index (κ2) is 6.73. The van der Waals surface area contributed by atoms with E-state index in [-0.39, 0.29) is 18.2 Å². The van der Waals surface area contributed by atoms with Crippen LogP contribution in [0.1, 0.15) is 68.4 Å². The molecule has 1 aromatic carbocycles. The molecule has 1 saturated carbocycles. The molecule has 0 saturated heterocycles.